The third-order valence-electron chi connectivity index (χ3n) is 3.94. The summed E-state index contributed by atoms with van der Waals surface area (Å²) in [4.78, 5) is 16.4. The molecule has 31 heavy (non-hydrogen) atoms. The molecule has 2 aromatic carbocycles. The van der Waals surface area contributed by atoms with Crippen molar-refractivity contribution in [3.05, 3.63) is 63.1 Å². The highest BCUT2D eigenvalue weighted by atomic mass is 35.5. The van der Waals surface area contributed by atoms with E-state index in [9.17, 15) is 4.79 Å². The summed E-state index contributed by atoms with van der Waals surface area (Å²) >= 11 is 12.1. The molecule has 0 saturated carbocycles. The largest absolute Gasteiger partial charge is 0.456 e. The summed E-state index contributed by atoms with van der Waals surface area (Å²) in [6.07, 6.45) is 0. The van der Waals surface area contributed by atoms with Gasteiger partial charge in [0.1, 0.15) is 11.7 Å². The molecular weight excluding hydrogens is 439 g/mol. The molecule has 10 heteroatoms. The van der Waals surface area contributed by atoms with E-state index in [1.54, 1.807) is 24.3 Å². The summed E-state index contributed by atoms with van der Waals surface area (Å²) in [6, 6.07) is 12.2. The number of carbonyl (C=O) groups excluding carboxylic acids is 1. The number of anilines is 3. The van der Waals surface area contributed by atoms with Crippen molar-refractivity contribution >= 4 is 46.8 Å². The Bertz CT molecular complexity index is 1110. The van der Waals surface area contributed by atoms with Gasteiger partial charge in [-0.1, -0.05) is 35.3 Å². The Morgan fingerprint density at radius 1 is 1.19 bits per heavy atom. The highest BCUT2D eigenvalue weighted by Crippen LogP contribution is 2.29. The average molecular weight is 459 g/mol. The zero-order chi connectivity index (χ0) is 22.6. The molecule has 160 valence electrons. The van der Waals surface area contributed by atoms with Gasteiger partial charge in [-0.3, -0.25) is 0 Å². The number of benzene rings is 2. The van der Waals surface area contributed by atoms with Crippen molar-refractivity contribution in [2.75, 3.05) is 10.6 Å². The van der Waals surface area contributed by atoms with Crippen LogP contribution in [0.15, 0.2) is 36.4 Å². The molecule has 0 aliphatic carbocycles. The maximum Gasteiger partial charge on any atom is 0.338 e. The summed E-state index contributed by atoms with van der Waals surface area (Å²) in [5.41, 5.74) is 1.67. The third-order valence-corrected chi connectivity index (χ3v) is 4.54. The molecule has 0 radical (unpaired) electrons. The molecule has 3 rings (SSSR count). The Balaban J connectivity index is 1.58. The lowest BCUT2D eigenvalue weighted by Crippen LogP contribution is -2.23. The molecule has 0 aliphatic rings. The van der Waals surface area contributed by atoms with Crippen LogP contribution >= 0.6 is 23.2 Å². The normalized spacial score (nSPS) is 11.0. The molecule has 0 atom stereocenters. The van der Waals surface area contributed by atoms with Gasteiger partial charge in [0.2, 0.25) is 11.9 Å². The fraction of sp³-hybridized carbons (Fsp3) is 0.238. The van der Waals surface area contributed by atoms with Crippen LogP contribution in [0.2, 0.25) is 10.0 Å². The van der Waals surface area contributed by atoms with Crippen LogP contribution in [0.25, 0.3) is 0 Å². The third kappa shape index (κ3) is 6.10. The highest BCUT2D eigenvalue weighted by Gasteiger charge is 2.17. The summed E-state index contributed by atoms with van der Waals surface area (Å²) in [7, 11) is 0. The average Bonchev–Trinajstić information content (AvgIpc) is 3.12. The van der Waals surface area contributed by atoms with Crippen LogP contribution in [-0.2, 0) is 11.3 Å². The maximum absolute atomic E-state index is 12.1. The smallest absolute Gasteiger partial charge is 0.338 e. The number of carbonyl (C=O) groups is 1. The van der Waals surface area contributed by atoms with Crippen molar-refractivity contribution in [3.8, 4) is 6.07 Å². The number of H-pyrrole nitrogens is 1. The highest BCUT2D eigenvalue weighted by molar-refractivity contribution is 6.37. The summed E-state index contributed by atoms with van der Waals surface area (Å²) in [6.45, 7) is 5.95. The van der Waals surface area contributed by atoms with E-state index in [1.165, 1.54) is 0 Å². The fourth-order valence-corrected chi connectivity index (χ4v) is 3.13. The molecular formula is C21H20Cl2N6O2. The van der Waals surface area contributed by atoms with E-state index >= 15 is 0 Å². The van der Waals surface area contributed by atoms with Crippen LogP contribution in [0.3, 0.4) is 0 Å². The number of aromatic nitrogens is 3. The number of halogens is 2. The second-order valence-corrected chi connectivity index (χ2v) is 8.43. The quantitative estimate of drug-likeness (QED) is 0.429. The van der Waals surface area contributed by atoms with E-state index < -0.39 is 5.60 Å². The Labute approximate surface area is 189 Å². The molecule has 0 spiro atoms. The van der Waals surface area contributed by atoms with Crippen LogP contribution in [0, 0.1) is 11.3 Å². The van der Waals surface area contributed by atoms with Gasteiger partial charge < -0.3 is 15.4 Å². The predicted molar refractivity (Wildman–Crippen MR) is 120 cm³/mol. The van der Waals surface area contributed by atoms with Gasteiger partial charge in [0.15, 0.2) is 0 Å². The van der Waals surface area contributed by atoms with Gasteiger partial charge in [-0.25, -0.2) is 9.89 Å². The minimum atomic E-state index is -0.538. The minimum absolute atomic E-state index is 0.212. The van der Waals surface area contributed by atoms with Crippen LogP contribution < -0.4 is 10.6 Å². The van der Waals surface area contributed by atoms with Gasteiger partial charge in [0, 0.05) is 12.2 Å². The molecule has 1 aromatic heterocycles. The number of aromatic amines is 1. The summed E-state index contributed by atoms with van der Waals surface area (Å²) in [5, 5.41) is 22.4. The van der Waals surface area contributed by atoms with E-state index in [1.807, 2.05) is 39.0 Å². The Hall–Kier alpha value is -3.28. The summed E-state index contributed by atoms with van der Waals surface area (Å²) in [5.74, 6) is 0.394. The van der Waals surface area contributed by atoms with E-state index in [4.69, 9.17) is 33.2 Å². The lowest BCUT2D eigenvalue weighted by atomic mass is 10.1. The van der Waals surface area contributed by atoms with Gasteiger partial charge >= 0.3 is 5.97 Å². The van der Waals surface area contributed by atoms with E-state index in [-0.39, 0.29) is 21.6 Å². The van der Waals surface area contributed by atoms with Crippen LogP contribution in [0.4, 0.5) is 17.6 Å². The molecule has 8 nitrogen and oxygen atoms in total. The molecule has 0 aliphatic heterocycles. The SMILES string of the molecule is CC(C)(C)OC(=O)c1ccc(CNc2nc(Nc3cc(Cl)c(C#N)c(Cl)c3)n[nH]2)cc1. The lowest BCUT2D eigenvalue weighted by Gasteiger charge is -2.19. The first-order valence-corrected chi connectivity index (χ1v) is 10.0. The van der Waals surface area contributed by atoms with Crippen molar-refractivity contribution < 1.29 is 9.53 Å². The zero-order valence-electron chi connectivity index (χ0n) is 17.1. The second-order valence-electron chi connectivity index (χ2n) is 7.61. The maximum atomic E-state index is 12.1. The minimum Gasteiger partial charge on any atom is -0.456 e. The number of hydrogen-bond donors (Lipinski definition) is 3. The molecule has 0 amide bonds. The molecule has 0 unspecified atom stereocenters. The Kier molecular flexibility index (Phi) is 6.68. The van der Waals surface area contributed by atoms with Crippen LogP contribution in [0.5, 0.6) is 0 Å². The number of nitriles is 1. The standard InChI is InChI=1S/C21H20Cl2N6O2/c1-21(2,3)31-18(30)13-6-4-12(5-7-13)11-25-19-27-20(29-28-19)26-14-8-16(22)15(10-24)17(23)9-14/h4-9H,11H2,1-3H3,(H3,25,26,27,28,29). The predicted octanol–water partition coefficient (Wildman–Crippen LogP) is 5.29. The van der Waals surface area contributed by atoms with Crippen molar-refractivity contribution in [2.24, 2.45) is 0 Å². The van der Waals surface area contributed by atoms with Gasteiger partial charge in [-0.2, -0.15) is 10.2 Å². The zero-order valence-corrected chi connectivity index (χ0v) is 18.6. The molecule has 3 aromatic rings. The van der Waals surface area contributed by atoms with E-state index in [0.29, 0.717) is 29.7 Å². The number of esters is 1. The number of ether oxygens (including phenoxy) is 1. The van der Waals surface area contributed by atoms with Gasteiger partial charge in [-0.05, 0) is 50.6 Å². The Morgan fingerprint density at radius 2 is 1.84 bits per heavy atom. The molecule has 3 N–H and O–H groups in total. The van der Waals surface area contributed by atoms with Gasteiger partial charge in [0.05, 0.1) is 21.2 Å². The van der Waals surface area contributed by atoms with Gasteiger partial charge in [-0.15, -0.1) is 5.10 Å². The van der Waals surface area contributed by atoms with Crippen LogP contribution in [0.1, 0.15) is 42.3 Å². The van der Waals surface area contributed by atoms with Crippen molar-refractivity contribution in [3.63, 3.8) is 0 Å². The van der Waals surface area contributed by atoms with Crippen LogP contribution in [-0.4, -0.2) is 26.8 Å². The number of rotatable bonds is 6. The van der Waals surface area contributed by atoms with E-state index in [2.05, 4.69) is 25.8 Å². The lowest BCUT2D eigenvalue weighted by molar-refractivity contribution is 0.00695. The first kappa shape index (κ1) is 22.4. The first-order valence-electron chi connectivity index (χ1n) is 9.29. The van der Waals surface area contributed by atoms with Gasteiger partial charge in [0.25, 0.3) is 0 Å². The number of hydrogen-bond acceptors (Lipinski definition) is 7. The molecule has 0 bridgehead atoms. The van der Waals surface area contributed by atoms with Crippen molar-refractivity contribution in [1.29, 1.82) is 5.26 Å². The molecule has 0 saturated heterocycles. The monoisotopic (exact) mass is 458 g/mol. The fourth-order valence-electron chi connectivity index (χ4n) is 2.56. The van der Waals surface area contributed by atoms with Crippen molar-refractivity contribution in [2.45, 2.75) is 32.9 Å². The number of nitrogens with zero attached hydrogens (tertiary/aromatic N) is 3. The molecule has 0 fully saturated rings. The van der Waals surface area contributed by atoms with E-state index in [0.717, 1.165) is 5.56 Å². The van der Waals surface area contributed by atoms with Crippen molar-refractivity contribution in [1.82, 2.24) is 15.2 Å². The first-order chi connectivity index (χ1) is 14.6. The summed E-state index contributed by atoms with van der Waals surface area (Å²) < 4.78 is 5.35. The Morgan fingerprint density at radius 3 is 2.42 bits per heavy atom. The second kappa shape index (κ2) is 9.25. The topological polar surface area (TPSA) is 116 Å². The molecule has 1 heterocycles. The number of nitrogens with one attached hydrogen (secondary N) is 3.